The largest absolute Gasteiger partial charge is 0.354 e. The first-order valence-electron chi connectivity index (χ1n) is 9.22. The first-order chi connectivity index (χ1) is 11.0. The van der Waals surface area contributed by atoms with Crippen LogP contribution in [0.15, 0.2) is 4.99 Å². The molecule has 2 rings (SSSR count). The molecule has 1 aliphatic heterocycles. The van der Waals surface area contributed by atoms with Gasteiger partial charge in [-0.25, -0.2) is 0 Å². The third-order valence-electron chi connectivity index (χ3n) is 5.12. The molecule has 1 heterocycles. The number of rotatable bonds is 5. The molecule has 0 spiro atoms. The summed E-state index contributed by atoms with van der Waals surface area (Å²) in [6.07, 6.45) is 8.28. The average molecular weight is 450 g/mol. The molecule has 2 aliphatic rings. The van der Waals surface area contributed by atoms with E-state index in [0.29, 0.717) is 24.3 Å². The number of nitrogens with one attached hydrogen (secondary N) is 2. The van der Waals surface area contributed by atoms with E-state index in [2.05, 4.69) is 34.4 Å². The molecule has 1 aliphatic carbocycles. The minimum absolute atomic E-state index is 0. The van der Waals surface area contributed by atoms with Gasteiger partial charge in [-0.1, -0.05) is 33.1 Å². The van der Waals surface area contributed by atoms with E-state index in [1.54, 1.807) is 0 Å². The first-order valence-corrected chi connectivity index (χ1v) is 9.22. The number of hydrogen-bond acceptors (Lipinski definition) is 2. The van der Waals surface area contributed by atoms with E-state index in [1.165, 1.54) is 38.5 Å². The maximum absolute atomic E-state index is 12.0. The topological polar surface area (TPSA) is 56.7 Å². The van der Waals surface area contributed by atoms with E-state index < -0.39 is 0 Å². The van der Waals surface area contributed by atoms with Gasteiger partial charge in [-0.15, -0.1) is 24.0 Å². The van der Waals surface area contributed by atoms with Gasteiger partial charge in [0, 0.05) is 39.6 Å². The van der Waals surface area contributed by atoms with Gasteiger partial charge < -0.3 is 15.5 Å². The molecule has 0 unspecified atom stereocenters. The second kappa shape index (κ2) is 10.5. The molecule has 5 nitrogen and oxygen atoms in total. The summed E-state index contributed by atoms with van der Waals surface area (Å²) < 4.78 is 0. The zero-order valence-corrected chi connectivity index (χ0v) is 17.9. The minimum Gasteiger partial charge on any atom is -0.354 e. The van der Waals surface area contributed by atoms with Gasteiger partial charge in [-0.05, 0) is 30.6 Å². The highest BCUT2D eigenvalue weighted by Gasteiger charge is 2.30. The van der Waals surface area contributed by atoms with Crippen LogP contribution in [-0.4, -0.2) is 50.0 Å². The molecule has 6 heteroatoms. The van der Waals surface area contributed by atoms with E-state index >= 15 is 0 Å². The van der Waals surface area contributed by atoms with Crippen LogP contribution < -0.4 is 10.6 Å². The van der Waals surface area contributed by atoms with Gasteiger partial charge in [0.25, 0.3) is 0 Å². The summed E-state index contributed by atoms with van der Waals surface area (Å²) in [7, 11) is 1.83. The van der Waals surface area contributed by atoms with Crippen molar-refractivity contribution in [1.29, 1.82) is 0 Å². The quantitative estimate of drug-likeness (QED) is 0.293. The van der Waals surface area contributed by atoms with E-state index in [9.17, 15) is 4.79 Å². The molecule has 1 saturated heterocycles. The average Bonchev–Trinajstić information content (AvgIpc) is 2.88. The van der Waals surface area contributed by atoms with Crippen LogP contribution in [0.25, 0.3) is 0 Å². The highest BCUT2D eigenvalue weighted by molar-refractivity contribution is 14.0. The summed E-state index contributed by atoms with van der Waals surface area (Å²) in [5.41, 5.74) is 0.367. The molecule has 0 aromatic carbocycles. The fraction of sp³-hybridized carbons (Fsp3) is 0.889. The van der Waals surface area contributed by atoms with Gasteiger partial charge in [0.05, 0.1) is 0 Å². The number of carbonyl (C=O) groups is 1. The number of carbonyl (C=O) groups excluding carboxylic acids is 1. The van der Waals surface area contributed by atoms with Gasteiger partial charge in [-0.3, -0.25) is 9.79 Å². The van der Waals surface area contributed by atoms with E-state index in [0.717, 1.165) is 25.6 Å². The maximum atomic E-state index is 12.0. The molecule has 1 amide bonds. The Morgan fingerprint density at radius 2 is 1.83 bits per heavy atom. The third-order valence-corrected chi connectivity index (χ3v) is 5.12. The van der Waals surface area contributed by atoms with Crippen molar-refractivity contribution < 1.29 is 4.79 Å². The molecule has 24 heavy (non-hydrogen) atoms. The summed E-state index contributed by atoms with van der Waals surface area (Å²) in [5.74, 6) is 1.77. The Morgan fingerprint density at radius 1 is 1.17 bits per heavy atom. The van der Waals surface area contributed by atoms with Crippen LogP contribution in [0.2, 0.25) is 0 Å². The van der Waals surface area contributed by atoms with Gasteiger partial charge in [0.2, 0.25) is 5.91 Å². The molecule has 1 saturated carbocycles. The van der Waals surface area contributed by atoms with Crippen molar-refractivity contribution >= 4 is 35.8 Å². The van der Waals surface area contributed by atoms with Gasteiger partial charge >= 0.3 is 0 Å². The predicted octanol–water partition coefficient (Wildman–Crippen LogP) is 3.00. The van der Waals surface area contributed by atoms with Crippen LogP contribution in [0.5, 0.6) is 0 Å². The van der Waals surface area contributed by atoms with Gasteiger partial charge in [0.15, 0.2) is 5.96 Å². The number of halogens is 1. The second-order valence-electron chi connectivity index (χ2n) is 7.87. The number of aliphatic imine (C=N–C) groups is 1. The molecule has 0 aromatic rings. The molecule has 140 valence electrons. The van der Waals surface area contributed by atoms with Crippen LogP contribution in [-0.2, 0) is 4.79 Å². The van der Waals surface area contributed by atoms with Crippen molar-refractivity contribution in [1.82, 2.24) is 15.5 Å². The van der Waals surface area contributed by atoms with Crippen LogP contribution in [0.1, 0.15) is 58.8 Å². The summed E-state index contributed by atoms with van der Waals surface area (Å²) in [4.78, 5) is 18.7. The lowest BCUT2D eigenvalue weighted by Gasteiger charge is -2.24. The Hall–Kier alpha value is -0.530. The van der Waals surface area contributed by atoms with Crippen LogP contribution in [0.4, 0.5) is 0 Å². The van der Waals surface area contributed by atoms with Crippen molar-refractivity contribution in [2.24, 2.45) is 16.3 Å². The number of nitrogens with zero attached hydrogens (tertiary/aromatic N) is 2. The van der Waals surface area contributed by atoms with Crippen LogP contribution in [0, 0.1) is 11.3 Å². The summed E-state index contributed by atoms with van der Waals surface area (Å²) >= 11 is 0. The van der Waals surface area contributed by atoms with Crippen molar-refractivity contribution in [3.8, 4) is 0 Å². The zero-order chi connectivity index (χ0) is 16.7. The SMILES string of the molecule is CN=C(NCCNC(=O)CC1CCCCC1)N1CCC(C)(C)C1.I. The molecular weight excluding hydrogens is 415 g/mol. The molecule has 0 bridgehead atoms. The number of likely N-dealkylation sites (tertiary alicyclic amines) is 1. The minimum atomic E-state index is 0. The van der Waals surface area contributed by atoms with E-state index in [1.807, 2.05) is 7.05 Å². The highest BCUT2D eigenvalue weighted by Crippen LogP contribution is 2.28. The summed E-state index contributed by atoms with van der Waals surface area (Å²) in [5, 5.41) is 6.41. The van der Waals surface area contributed by atoms with Gasteiger partial charge in [-0.2, -0.15) is 0 Å². The fourth-order valence-corrected chi connectivity index (χ4v) is 3.73. The van der Waals surface area contributed by atoms with Crippen molar-refractivity contribution in [2.75, 3.05) is 33.2 Å². The Kier molecular flexibility index (Phi) is 9.37. The number of guanidine groups is 1. The lowest BCUT2D eigenvalue weighted by Crippen LogP contribution is -2.43. The summed E-state index contributed by atoms with van der Waals surface area (Å²) in [6.45, 7) is 8.10. The standard InChI is InChI=1S/C18H34N4O.HI/c1-18(2)9-12-22(14-18)17(19-3)21-11-10-20-16(23)13-15-7-5-4-6-8-15;/h15H,4-14H2,1-3H3,(H,19,21)(H,20,23);1H. The van der Waals surface area contributed by atoms with E-state index in [-0.39, 0.29) is 29.9 Å². The van der Waals surface area contributed by atoms with Crippen molar-refractivity contribution in [2.45, 2.75) is 58.8 Å². The highest BCUT2D eigenvalue weighted by atomic mass is 127. The van der Waals surface area contributed by atoms with Gasteiger partial charge in [0.1, 0.15) is 0 Å². The molecule has 0 atom stereocenters. The Morgan fingerprint density at radius 3 is 2.42 bits per heavy atom. The van der Waals surface area contributed by atoms with Crippen molar-refractivity contribution in [3.05, 3.63) is 0 Å². The maximum Gasteiger partial charge on any atom is 0.220 e. The monoisotopic (exact) mass is 450 g/mol. The van der Waals surface area contributed by atoms with Crippen LogP contribution >= 0.6 is 24.0 Å². The molecule has 2 N–H and O–H groups in total. The smallest absolute Gasteiger partial charge is 0.220 e. The Labute approximate surface area is 164 Å². The molecule has 0 radical (unpaired) electrons. The first kappa shape index (κ1) is 21.5. The normalized spacial score (nSPS) is 21.3. The van der Waals surface area contributed by atoms with E-state index in [4.69, 9.17) is 0 Å². The van der Waals surface area contributed by atoms with Crippen LogP contribution in [0.3, 0.4) is 0 Å². The fourth-order valence-electron chi connectivity index (χ4n) is 3.73. The predicted molar refractivity (Wildman–Crippen MR) is 111 cm³/mol. The zero-order valence-electron chi connectivity index (χ0n) is 15.6. The third kappa shape index (κ3) is 7.15. The summed E-state index contributed by atoms with van der Waals surface area (Å²) in [6, 6.07) is 0. The Bertz CT molecular complexity index is 419. The molecule has 0 aromatic heterocycles. The van der Waals surface area contributed by atoms with Crippen molar-refractivity contribution in [3.63, 3.8) is 0 Å². The Balaban J connectivity index is 0.00000288. The number of hydrogen-bond donors (Lipinski definition) is 2. The molecule has 2 fully saturated rings. The number of amides is 1. The lowest BCUT2D eigenvalue weighted by atomic mass is 9.87. The molecular formula is C18H35IN4O. The second-order valence-corrected chi connectivity index (χ2v) is 7.87. The lowest BCUT2D eigenvalue weighted by molar-refractivity contribution is -0.122.